The molecule has 11 rings (SSSR count). The standard InChI is InChI=1S/C51H36N2/c1-51(36-16-6-3-7-17-36)48-46(52-50(51)34-14-4-2-5-15-34)31-30-44-43-22-12-13-23-47(43)53(49(44)48)37-27-24-33(25-28-37)35-26-29-42-40-20-9-8-18-38(40)39-19-10-11-21-41(39)45(42)32-35/h2-22,24-32,47H,23H2,1H3. The monoisotopic (exact) mass is 676 g/mol. The van der Waals surface area contributed by atoms with Crippen LogP contribution in [0, 0.1) is 0 Å². The molecule has 250 valence electrons. The summed E-state index contributed by atoms with van der Waals surface area (Å²) >= 11 is 0. The first-order chi connectivity index (χ1) is 26.2. The molecule has 0 saturated heterocycles. The molecule has 0 aromatic heterocycles. The number of fused-ring (bicyclic) bond motifs is 11. The fraction of sp³-hybridized carbons (Fsp3) is 0.0784. The molecule has 0 spiro atoms. The van der Waals surface area contributed by atoms with Gasteiger partial charge >= 0.3 is 0 Å². The van der Waals surface area contributed by atoms with Crippen molar-refractivity contribution >= 4 is 60.7 Å². The van der Waals surface area contributed by atoms with E-state index in [-0.39, 0.29) is 6.04 Å². The summed E-state index contributed by atoms with van der Waals surface area (Å²) in [6.45, 7) is 2.38. The van der Waals surface area contributed by atoms with Crippen molar-refractivity contribution in [2.75, 3.05) is 4.90 Å². The van der Waals surface area contributed by atoms with Crippen molar-refractivity contribution in [3.05, 3.63) is 204 Å². The Morgan fingerprint density at radius 2 is 1.17 bits per heavy atom. The van der Waals surface area contributed by atoms with Crippen LogP contribution in [-0.4, -0.2) is 11.8 Å². The number of hydrogen-bond acceptors (Lipinski definition) is 2. The third kappa shape index (κ3) is 4.36. The molecule has 2 heterocycles. The Kier molecular flexibility index (Phi) is 6.54. The van der Waals surface area contributed by atoms with Crippen LogP contribution in [0.5, 0.6) is 0 Å². The number of nitrogens with zero attached hydrogens (tertiary/aromatic N) is 2. The lowest BCUT2D eigenvalue weighted by molar-refractivity contribution is 0.776. The zero-order chi connectivity index (χ0) is 35.1. The first-order valence-electron chi connectivity index (χ1n) is 18.7. The van der Waals surface area contributed by atoms with Crippen molar-refractivity contribution in [2.45, 2.75) is 24.8 Å². The number of anilines is 2. The quantitative estimate of drug-likeness (QED) is 0.169. The Morgan fingerprint density at radius 3 is 1.87 bits per heavy atom. The van der Waals surface area contributed by atoms with E-state index < -0.39 is 5.41 Å². The molecule has 0 N–H and O–H groups in total. The molecule has 2 heteroatoms. The molecule has 0 saturated carbocycles. The minimum absolute atomic E-state index is 0.216. The summed E-state index contributed by atoms with van der Waals surface area (Å²) in [5.74, 6) is 0. The van der Waals surface area contributed by atoms with Crippen LogP contribution < -0.4 is 4.90 Å². The summed E-state index contributed by atoms with van der Waals surface area (Å²) in [7, 11) is 0. The largest absolute Gasteiger partial charge is 0.333 e. The molecular weight excluding hydrogens is 641 g/mol. The Labute approximate surface area is 309 Å². The maximum atomic E-state index is 5.45. The lowest BCUT2D eigenvalue weighted by atomic mass is 9.70. The average Bonchev–Trinajstić information content (AvgIpc) is 3.74. The Morgan fingerprint density at radius 1 is 0.566 bits per heavy atom. The van der Waals surface area contributed by atoms with Gasteiger partial charge in [-0.2, -0.15) is 0 Å². The van der Waals surface area contributed by atoms with E-state index >= 15 is 0 Å². The minimum atomic E-state index is -0.443. The summed E-state index contributed by atoms with van der Waals surface area (Å²) in [6, 6.07) is 60.3. The summed E-state index contributed by atoms with van der Waals surface area (Å²) in [5, 5.41) is 7.80. The lowest BCUT2D eigenvalue weighted by Gasteiger charge is -2.35. The fourth-order valence-corrected chi connectivity index (χ4v) is 9.50. The van der Waals surface area contributed by atoms with Crippen molar-refractivity contribution < 1.29 is 0 Å². The first kappa shape index (κ1) is 30.1. The molecule has 2 unspecified atom stereocenters. The molecule has 2 aliphatic heterocycles. The highest BCUT2D eigenvalue weighted by molar-refractivity contribution is 6.25. The number of allylic oxidation sites excluding steroid dienone is 2. The number of rotatable bonds is 4. The van der Waals surface area contributed by atoms with Crippen molar-refractivity contribution in [3.8, 4) is 11.1 Å². The van der Waals surface area contributed by atoms with Gasteiger partial charge in [0.2, 0.25) is 0 Å². The third-order valence-corrected chi connectivity index (χ3v) is 12.0. The second-order valence-electron chi connectivity index (χ2n) is 14.7. The lowest BCUT2D eigenvalue weighted by Crippen LogP contribution is -2.34. The van der Waals surface area contributed by atoms with Gasteiger partial charge in [0.25, 0.3) is 0 Å². The second kappa shape index (κ2) is 11.5. The Balaban J connectivity index is 1.07. The van der Waals surface area contributed by atoms with Gasteiger partial charge in [-0.25, -0.2) is 0 Å². The molecular formula is C51H36N2. The highest BCUT2D eigenvalue weighted by Crippen LogP contribution is 2.58. The normalized spacial score (nSPS) is 18.6. The van der Waals surface area contributed by atoms with Crippen LogP contribution in [0.1, 0.15) is 35.6 Å². The zero-order valence-corrected chi connectivity index (χ0v) is 29.5. The van der Waals surface area contributed by atoms with Gasteiger partial charge in [-0.15, -0.1) is 0 Å². The number of aliphatic imine (C=N–C) groups is 1. The van der Waals surface area contributed by atoms with Crippen LogP contribution in [0.15, 0.2) is 187 Å². The van der Waals surface area contributed by atoms with Crippen LogP contribution in [0.25, 0.3) is 49.0 Å². The van der Waals surface area contributed by atoms with Crippen molar-refractivity contribution in [3.63, 3.8) is 0 Å². The van der Waals surface area contributed by atoms with Gasteiger partial charge in [-0.1, -0.05) is 158 Å². The van der Waals surface area contributed by atoms with Gasteiger partial charge in [0, 0.05) is 16.8 Å². The molecule has 1 aliphatic carbocycles. The molecule has 2 atom stereocenters. The van der Waals surface area contributed by atoms with Crippen LogP contribution in [0.3, 0.4) is 0 Å². The summed E-state index contributed by atoms with van der Waals surface area (Å²) < 4.78 is 0. The topological polar surface area (TPSA) is 15.6 Å². The first-order valence-corrected chi connectivity index (χ1v) is 18.7. The molecule has 3 aliphatic rings. The van der Waals surface area contributed by atoms with E-state index in [1.807, 2.05) is 0 Å². The number of hydrogen-bond donors (Lipinski definition) is 0. The van der Waals surface area contributed by atoms with Gasteiger partial charge in [0.15, 0.2) is 0 Å². The molecule has 53 heavy (non-hydrogen) atoms. The molecule has 8 aromatic carbocycles. The molecule has 8 aromatic rings. The van der Waals surface area contributed by atoms with Crippen LogP contribution in [-0.2, 0) is 5.41 Å². The Bertz CT molecular complexity index is 2830. The van der Waals surface area contributed by atoms with Crippen LogP contribution in [0.2, 0.25) is 0 Å². The number of benzene rings is 8. The summed E-state index contributed by atoms with van der Waals surface area (Å²) in [6.07, 6.45) is 7.82. The molecule has 0 radical (unpaired) electrons. The summed E-state index contributed by atoms with van der Waals surface area (Å²) in [4.78, 5) is 8.06. The van der Waals surface area contributed by atoms with Gasteiger partial charge in [0.1, 0.15) is 0 Å². The van der Waals surface area contributed by atoms with Gasteiger partial charge in [0.05, 0.1) is 28.5 Å². The minimum Gasteiger partial charge on any atom is -0.333 e. The highest BCUT2D eigenvalue weighted by Gasteiger charge is 2.48. The van der Waals surface area contributed by atoms with Crippen molar-refractivity contribution in [1.82, 2.24) is 0 Å². The SMILES string of the molecule is CC1(c2ccccc2)C(c2ccccc2)=Nc2ccc3c(c21)N(c1ccc(-c2ccc4c5ccccc5c5ccccc5c4c2)cc1)C1CC=CC=C31. The van der Waals surface area contributed by atoms with E-state index in [9.17, 15) is 0 Å². The highest BCUT2D eigenvalue weighted by atomic mass is 15.2. The third-order valence-electron chi connectivity index (χ3n) is 12.0. The van der Waals surface area contributed by atoms with E-state index in [2.05, 4.69) is 194 Å². The molecule has 2 nitrogen and oxygen atoms in total. The zero-order valence-electron chi connectivity index (χ0n) is 29.5. The Hall–Kier alpha value is -6.51. The fourth-order valence-electron chi connectivity index (χ4n) is 9.50. The van der Waals surface area contributed by atoms with E-state index in [1.54, 1.807) is 0 Å². The van der Waals surface area contributed by atoms with E-state index in [0.717, 1.165) is 23.4 Å². The summed E-state index contributed by atoms with van der Waals surface area (Å²) in [5.41, 5.74) is 13.0. The second-order valence-corrected chi connectivity index (χ2v) is 14.7. The predicted octanol–water partition coefficient (Wildman–Crippen LogP) is 13.1. The van der Waals surface area contributed by atoms with E-state index in [0.29, 0.717) is 0 Å². The smallest absolute Gasteiger partial charge is 0.0700 e. The van der Waals surface area contributed by atoms with Gasteiger partial charge in [-0.05, 0) is 97.8 Å². The molecule has 0 fully saturated rings. The van der Waals surface area contributed by atoms with Crippen molar-refractivity contribution in [2.24, 2.45) is 4.99 Å². The average molecular weight is 677 g/mol. The van der Waals surface area contributed by atoms with Gasteiger partial charge in [-0.3, -0.25) is 4.99 Å². The van der Waals surface area contributed by atoms with E-state index in [4.69, 9.17) is 4.99 Å². The maximum absolute atomic E-state index is 5.45. The predicted molar refractivity (Wildman–Crippen MR) is 224 cm³/mol. The van der Waals surface area contributed by atoms with Crippen LogP contribution >= 0.6 is 0 Å². The molecule has 0 bridgehead atoms. The van der Waals surface area contributed by atoms with E-state index in [1.165, 1.54) is 77.1 Å². The van der Waals surface area contributed by atoms with Gasteiger partial charge < -0.3 is 4.90 Å². The van der Waals surface area contributed by atoms with Crippen molar-refractivity contribution in [1.29, 1.82) is 0 Å². The molecule has 0 amide bonds. The van der Waals surface area contributed by atoms with Crippen LogP contribution in [0.4, 0.5) is 17.1 Å². The maximum Gasteiger partial charge on any atom is 0.0700 e.